The highest BCUT2D eigenvalue weighted by atomic mass is 15.0. The van der Waals surface area contributed by atoms with Gasteiger partial charge >= 0.3 is 0 Å². The van der Waals surface area contributed by atoms with E-state index in [2.05, 4.69) is 41.8 Å². The van der Waals surface area contributed by atoms with Gasteiger partial charge in [-0.15, -0.1) is 0 Å². The van der Waals surface area contributed by atoms with Crippen molar-refractivity contribution in [1.82, 2.24) is 10.6 Å². The second-order valence-electron chi connectivity index (χ2n) is 3.96. The van der Waals surface area contributed by atoms with E-state index in [9.17, 15) is 0 Å². The molecule has 0 radical (unpaired) electrons. The summed E-state index contributed by atoms with van der Waals surface area (Å²) in [6.45, 7) is 3.31. The maximum atomic E-state index is 3.56. The fourth-order valence-electron chi connectivity index (χ4n) is 2.15. The van der Waals surface area contributed by atoms with Crippen molar-refractivity contribution in [2.24, 2.45) is 0 Å². The number of likely N-dealkylation sites (N-methyl/N-ethyl adjacent to an activating group) is 1. The van der Waals surface area contributed by atoms with Crippen molar-refractivity contribution in [3.05, 3.63) is 35.4 Å². The zero-order valence-electron chi connectivity index (χ0n) is 8.88. The normalized spacial score (nSPS) is 22.9. The van der Waals surface area contributed by atoms with Gasteiger partial charge in [-0.05, 0) is 38.1 Å². The average molecular weight is 190 g/mol. The van der Waals surface area contributed by atoms with Gasteiger partial charge in [-0.3, -0.25) is 0 Å². The molecular formula is C12H18N2. The minimum Gasteiger partial charge on any atom is -0.315 e. The maximum Gasteiger partial charge on any atom is 0.0475 e. The Bertz CT molecular complexity index is 309. The number of nitrogens with one attached hydrogen (secondary N) is 2. The molecule has 2 nitrogen and oxygen atoms in total. The molecule has 0 fully saturated rings. The van der Waals surface area contributed by atoms with E-state index < -0.39 is 0 Å². The second-order valence-corrected chi connectivity index (χ2v) is 3.96. The largest absolute Gasteiger partial charge is 0.315 e. The van der Waals surface area contributed by atoms with Gasteiger partial charge < -0.3 is 10.6 Å². The molecule has 0 bridgehead atoms. The van der Waals surface area contributed by atoms with Gasteiger partial charge in [0.15, 0.2) is 0 Å². The number of benzene rings is 1. The van der Waals surface area contributed by atoms with Crippen molar-refractivity contribution in [2.45, 2.75) is 25.4 Å². The Kier molecular flexibility index (Phi) is 2.85. The molecule has 1 aromatic rings. The van der Waals surface area contributed by atoms with Crippen molar-refractivity contribution in [3.63, 3.8) is 0 Å². The van der Waals surface area contributed by atoms with Crippen LogP contribution in [0.4, 0.5) is 0 Å². The van der Waals surface area contributed by atoms with Crippen LogP contribution in [-0.2, 0) is 6.42 Å². The first-order valence-electron chi connectivity index (χ1n) is 5.31. The molecule has 14 heavy (non-hydrogen) atoms. The predicted molar refractivity (Wildman–Crippen MR) is 59.4 cm³/mol. The monoisotopic (exact) mass is 190 g/mol. The Labute approximate surface area is 85.7 Å². The fraction of sp³-hybridized carbons (Fsp3) is 0.500. The van der Waals surface area contributed by atoms with E-state index in [1.807, 2.05) is 7.05 Å². The third kappa shape index (κ3) is 1.68. The fourth-order valence-corrected chi connectivity index (χ4v) is 2.15. The van der Waals surface area contributed by atoms with Crippen LogP contribution in [0.25, 0.3) is 0 Å². The second kappa shape index (κ2) is 4.11. The van der Waals surface area contributed by atoms with E-state index in [1.165, 1.54) is 11.1 Å². The van der Waals surface area contributed by atoms with Crippen LogP contribution in [0.15, 0.2) is 24.3 Å². The SMILES string of the molecule is CNC(C)C1NCCc2ccccc21. The molecule has 1 aliphatic heterocycles. The van der Waals surface area contributed by atoms with Gasteiger partial charge in [0.25, 0.3) is 0 Å². The van der Waals surface area contributed by atoms with Gasteiger partial charge in [-0.1, -0.05) is 24.3 Å². The van der Waals surface area contributed by atoms with Crippen molar-refractivity contribution < 1.29 is 0 Å². The topological polar surface area (TPSA) is 24.1 Å². The number of rotatable bonds is 2. The van der Waals surface area contributed by atoms with Crippen LogP contribution in [0.3, 0.4) is 0 Å². The highest BCUT2D eigenvalue weighted by molar-refractivity contribution is 5.33. The van der Waals surface area contributed by atoms with Gasteiger partial charge in [-0.25, -0.2) is 0 Å². The standard InChI is InChI=1S/C12H18N2/c1-9(13-2)12-11-6-4-3-5-10(11)7-8-14-12/h3-6,9,12-14H,7-8H2,1-2H3. The average Bonchev–Trinajstić information content (AvgIpc) is 2.27. The summed E-state index contributed by atoms with van der Waals surface area (Å²) >= 11 is 0. The first-order valence-corrected chi connectivity index (χ1v) is 5.31. The summed E-state index contributed by atoms with van der Waals surface area (Å²) in [5.74, 6) is 0. The molecule has 1 aliphatic rings. The molecule has 76 valence electrons. The van der Waals surface area contributed by atoms with E-state index in [1.54, 1.807) is 0 Å². The maximum absolute atomic E-state index is 3.56. The lowest BCUT2D eigenvalue weighted by molar-refractivity contribution is 0.402. The van der Waals surface area contributed by atoms with Gasteiger partial charge in [0.2, 0.25) is 0 Å². The molecule has 2 unspecified atom stereocenters. The summed E-state index contributed by atoms with van der Waals surface area (Å²) in [7, 11) is 2.02. The van der Waals surface area contributed by atoms with Crippen LogP contribution in [-0.4, -0.2) is 19.6 Å². The lowest BCUT2D eigenvalue weighted by atomic mass is 9.91. The van der Waals surface area contributed by atoms with Crippen molar-refractivity contribution in [1.29, 1.82) is 0 Å². The Morgan fingerprint density at radius 2 is 2.21 bits per heavy atom. The predicted octanol–water partition coefficient (Wildman–Crippen LogP) is 1.48. The van der Waals surface area contributed by atoms with Gasteiger partial charge in [-0.2, -0.15) is 0 Å². The minimum atomic E-state index is 0.463. The molecule has 0 aromatic heterocycles. The molecular weight excluding hydrogens is 172 g/mol. The van der Waals surface area contributed by atoms with Crippen LogP contribution < -0.4 is 10.6 Å². The Hall–Kier alpha value is -0.860. The van der Waals surface area contributed by atoms with Gasteiger partial charge in [0.05, 0.1) is 0 Å². The van der Waals surface area contributed by atoms with Gasteiger partial charge in [0.1, 0.15) is 0 Å². The van der Waals surface area contributed by atoms with Gasteiger partial charge in [0, 0.05) is 12.1 Å². The Balaban J connectivity index is 2.30. The zero-order chi connectivity index (χ0) is 9.97. The summed E-state index contributed by atoms with van der Waals surface area (Å²) in [5, 5.41) is 6.88. The summed E-state index contributed by atoms with van der Waals surface area (Å²) in [6, 6.07) is 9.68. The third-order valence-electron chi connectivity index (χ3n) is 3.10. The number of hydrogen-bond donors (Lipinski definition) is 2. The molecule has 2 rings (SSSR count). The highest BCUT2D eigenvalue weighted by Crippen LogP contribution is 2.24. The quantitative estimate of drug-likeness (QED) is 0.738. The number of hydrogen-bond acceptors (Lipinski definition) is 2. The Morgan fingerprint density at radius 1 is 1.43 bits per heavy atom. The molecule has 2 heteroatoms. The lowest BCUT2D eigenvalue weighted by Crippen LogP contribution is -2.41. The summed E-state index contributed by atoms with van der Waals surface area (Å²) in [4.78, 5) is 0. The smallest absolute Gasteiger partial charge is 0.0475 e. The van der Waals surface area contributed by atoms with E-state index in [0.29, 0.717) is 12.1 Å². The van der Waals surface area contributed by atoms with Crippen molar-refractivity contribution in [3.8, 4) is 0 Å². The minimum absolute atomic E-state index is 0.463. The first kappa shape index (κ1) is 9.69. The van der Waals surface area contributed by atoms with Crippen LogP contribution >= 0.6 is 0 Å². The van der Waals surface area contributed by atoms with Crippen molar-refractivity contribution in [2.75, 3.05) is 13.6 Å². The first-order chi connectivity index (χ1) is 6.83. The molecule has 1 aromatic carbocycles. The van der Waals surface area contributed by atoms with Crippen LogP contribution in [0.1, 0.15) is 24.1 Å². The molecule has 1 heterocycles. The molecule has 0 saturated carbocycles. The van der Waals surface area contributed by atoms with E-state index >= 15 is 0 Å². The molecule has 0 spiro atoms. The highest BCUT2D eigenvalue weighted by Gasteiger charge is 2.22. The summed E-state index contributed by atoms with van der Waals surface area (Å²) < 4.78 is 0. The number of fused-ring (bicyclic) bond motifs is 1. The molecule has 0 saturated heterocycles. The summed E-state index contributed by atoms with van der Waals surface area (Å²) in [6.07, 6.45) is 1.16. The lowest BCUT2D eigenvalue weighted by Gasteiger charge is -2.31. The molecule has 2 N–H and O–H groups in total. The van der Waals surface area contributed by atoms with Crippen LogP contribution in [0.2, 0.25) is 0 Å². The van der Waals surface area contributed by atoms with E-state index in [0.717, 1.165) is 13.0 Å². The molecule has 0 aliphatic carbocycles. The summed E-state index contributed by atoms with van der Waals surface area (Å²) in [5.41, 5.74) is 2.96. The van der Waals surface area contributed by atoms with Crippen LogP contribution in [0.5, 0.6) is 0 Å². The molecule has 0 amide bonds. The zero-order valence-corrected chi connectivity index (χ0v) is 8.88. The van der Waals surface area contributed by atoms with E-state index in [-0.39, 0.29) is 0 Å². The Morgan fingerprint density at radius 3 is 3.00 bits per heavy atom. The van der Waals surface area contributed by atoms with Crippen LogP contribution in [0, 0.1) is 0 Å². The third-order valence-corrected chi connectivity index (χ3v) is 3.10. The molecule has 2 atom stereocenters. The van der Waals surface area contributed by atoms with E-state index in [4.69, 9.17) is 0 Å². The van der Waals surface area contributed by atoms with Crippen molar-refractivity contribution >= 4 is 0 Å².